The summed E-state index contributed by atoms with van der Waals surface area (Å²) in [5.74, 6) is 0.864. The second kappa shape index (κ2) is 8.11. The van der Waals surface area contributed by atoms with Crippen molar-refractivity contribution in [3.8, 4) is 11.8 Å². The Morgan fingerprint density at radius 3 is 2.86 bits per heavy atom. The van der Waals surface area contributed by atoms with Crippen LogP contribution in [0.2, 0.25) is 0 Å². The molecule has 2 heterocycles. The van der Waals surface area contributed by atoms with Gasteiger partial charge < -0.3 is 24.3 Å². The summed E-state index contributed by atoms with van der Waals surface area (Å²) in [6.45, 7) is 4.70. The fourth-order valence-electron chi connectivity index (χ4n) is 2.23. The van der Waals surface area contributed by atoms with Gasteiger partial charge in [0.1, 0.15) is 11.8 Å². The fraction of sp³-hybridized carbons (Fsp3) is 0.714. The molecule has 1 fully saturated rings. The first-order valence-corrected chi connectivity index (χ1v) is 7.17. The lowest BCUT2D eigenvalue weighted by Crippen LogP contribution is -2.41. The number of rotatable bonds is 7. The molecule has 0 spiro atoms. The third kappa shape index (κ3) is 4.03. The van der Waals surface area contributed by atoms with Gasteiger partial charge in [-0.15, -0.1) is 0 Å². The standard InChI is InChI=1S/C14H23N3O4/c1-4-5-15-12(10-9-20-6-7-21-10)13-14(19-3)17-11(18-2)8-16-13/h8,10,12,15H,4-7,9H2,1-3H3. The summed E-state index contributed by atoms with van der Waals surface area (Å²) in [6.07, 6.45) is 2.49. The van der Waals surface area contributed by atoms with Crippen LogP contribution in [0.3, 0.4) is 0 Å². The maximum Gasteiger partial charge on any atom is 0.240 e. The second-order valence-electron chi connectivity index (χ2n) is 4.72. The number of methoxy groups -OCH3 is 2. The van der Waals surface area contributed by atoms with Crippen LogP contribution in [0.4, 0.5) is 0 Å². The van der Waals surface area contributed by atoms with E-state index in [1.54, 1.807) is 20.4 Å². The maximum absolute atomic E-state index is 5.81. The lowest BCUT2D eigenvalue weighted by Gasteiger charge is -2.31. The van der Waals surface area contributed by atoms with E-state index in [2.05, 4.69) is 22.2 Å². The monoisotopic (exact) mass is 297 g/mol. The third-order valence-electron chi connectivity index (χ3n) is 3.27. The van der Waals surface area contributed by atoms with Crippen molar-refractivity contribution in [2.24, 2.45) is 0 Å². The van der Waals surface area contributed by atoms with Gasteiger partial charge in [-0.25, -0.2) is 4.98 Å². The van der Waals surface area contributed by atoms with E-state index < -0.39 is 0 Å². The van der Waals surface area contributed by atoms with Gasteiger partial charge >= 0.3 is 0 Å². The van der Waals surface area contributed by atoms with Crippen molar-refractivity contribution in [3.63, 3.8) is 0 Å². The Morgan fingerprint density at radius 1 is 1.38 bits per heavy atom. The Bertz CT molecular complexity index is 438. The SMILES string of the molecule is CCCNC(c1ncc(OC)nc1OC)C1COCCO1. The summed E-state index contributed by atoms with van der Waals surface area (Å²) in [5.41, 5.74) is 0.710. The summed E-state index contributed by atoms with van der Waals surface area (Å²) in [5, 5.41) is 3.44. The number of hydrogen-bond acceptors (Lipinski definition) is 7. The van der Waals surface area contributed by atoms with E-state index in [0.29, 0.717) is 37.3 Å². The average Bonchev–Trinajstić information content (AvgIpc) is 2.56. The van der Waals surface area contributed by atoms with E-state index in [1.807, 2.05) is 0 Å². The smallest absolute Gasteiger partial charge is 0.240 e. The molecular weight excluding hydrogens is 274 g/mol. The molecule has 0 aromatic carbocycles. The second-order valence-corrected chi connectivity index (χ2v) is 4.72. The Kier molecular flexibility index (Phi) is 6.16. The topological polar surface area (TPSA) is 74.7 Å². The van der Waals surface area contributed by atoms with Gasteiger partial charge in [0.15, 0.2) is 0 Å². The van der Waals surface area contributed by atoms with Crippen LogP contribution in [0.15, 0.2) is 6.20 Å². The molecule has 1 aliphatic rings. The number of hydrogen-bond donors (Lipinski definition) is 1. The minimum absolute atomic E-state index is 0.109. The van der Waals surface area contributed by atoms with Crippen molar-refractivity contribution in [1.29, 1.82) is 0 Å². The highest BCUT2D eigenvalue weighted by atomic mass is 16.6. The van der Waals surface area contributed by atoms with Crippen molar-refractivity contribution in [1.82, 2.24) is 15.3 Å². The Morgan fingerprint density at radius 2 is 2.24 bits per heavy atom. The van der Waals surface area contributed by atoms with E-state index in [1.165, 1.54) is 0 Å². The summed E-state index contributed by atoms with van der Waals surface area (Å²) < 4.78 is 21.7. The Hall–Kier alpha value is -1.44. The normalized spacial score (nSPS) is 20.0. The Balaban J connectivity index is 2.25. The molecule has 1 saturated heterocycles. The molecule has 0 radical (unpaired) electrons. The van der Waals surface area contributed by atoms with Crippen molar-refractivity contribution in [2.75, 3.05) is 40.6 Å². The zero-order chi connectivity index (χ0) is 15.1. The molecule has 0 amide bonds. The molecule has 118 valence electrons. The molecule has 1 N–H and O–H groups in total. The molecule has 0 bridgehead atoms. The highest BCUT2D eigenvalue weighted by Crippen LogP contribution is 2.28. The molecule has 7 heteroatoms. The molecule has 2 rings (SSSR count). The van der Waals surface area contributed by atoms with Gasteiger partial charge in [-0.2, -0.15) is 4.98 Å². The highest BCUT2D eigenvalue weighted by molar-refractivity contribution is 5.26. The van der Waals surface area contributed by atoms with Crippen molar-refractivity contribution in [2.45, 2.75) is 25.5 Å². The molecule has 7 nitrogen and oxygen atoms in total. The van der Waals surface area contributed by atoms with E-state index >= 15 is 0 Å². The Labute approximate surface area is 125 Å². The van der Waals surface area contributed by atoms with Gasteiger partial charge in [0.05, 0.1) is 46.3 Å². The van der Waals surface area contributed by atoms with Gasteiger partial charge in [0.2, 0.25) is 11.8 Å². The first-order valence-electron chi connectivity index (χ1n) is 7.17. The zero-order valence-electron chi connectivity index (χ0n) is 12.8. The largest absolute Gasteiger partial charge is 0.480 e. The minimum Gasteiger partial charge on any atom is -0.480 e. The molecule has 0 saturated carbocycles. The quantitative estimate of drug-likeness (QED) is 0.803. The first-order chi connectivity index (χ1) is 10.3. The number of nitrogens with zero attached hydrogens (tertiary/aromatic N) is 2. The molecule has 1 aliphatic heterocycles. The van der Waals surface area contributed by atoms with E-state index in [9.17, 15) is 0 Å². The first kappa shape index (κ1) is 15.9. The van der Waals surface area contributed by atoms with Crippen LogP contribution >= 0.6 is 0 Å². The molecule has 0 aliphatic carbocycles. The molecule has 21 heavy (non-hydrogen) atoms. The maximum atomic E-state index is 5.81. The third-order valence-corrected chi connectivity index (χ3v) is 3.27. The van der Waals surface area contributed by atoms with Crippen molar-refractivity contribution < 1.29 is 18.9 Å². The van der Waals surface area contributed by atoms with E-state index in [0.717, 1.165) is 13.0 Å². The van der Waals surface area contributed by atoms with Crippen molar-refractivity contribution >= 4 is 0 Å². The number of nitrogens with one attached hydrogen (secondary N) is 1. The fourth-order valence-corrected chi connectivity index (χ4v) is 2.23. The van der Waals surface area contributed by atoms with Crippen LogP contribution in [-0.4, -0.2) is 56.7 Å². The number of ether oxygens (including phenoxy) is 4. The minimum atomic E-state index is -0.126. The summed E-state index contributed by atoms with van der Waals surface area (Å²) in [6, 6.07) is -0.126. The van der Waals surface area contributed by atoms with Crippen LogP contribution in [0.5, 0.6) is 11.8 Å². The summed E-state index contributed by atoms with van der Waals surface area (Å²) in [4.78, 5) is 8.73. The lowest BCUT2D eigenvalue weighted by molar-refractivity contribution is -0.103. The van der Waals surface area contributed by atoms with Crippen LogP contribution in [0.25, 0.3) is 0 Å². The van der Waals surface area contributed by atoms with Gasteiger partial charge in [-0.05, 0) is 13.0 Å². The predicted molar refractivity (Wildman–Crippen MR) is 76.7 cm³/mol. The van der Waals surface area contributed by atoms with Gasteiger partial charge in [-0.3, -0.25) is 0 Å². The van der Waals surface area contributed by atoms with Gasteiger partial charge in [0, 0.05) is 0 Å². The molecular formula is C14H23N3O4. The summed E-state index contributed by atoms with van der Waals surface area (Å²) >= 11 is 0. The van der Waals surface area contributed by atoms with E-state index in [4.69, 9.17) is 18.9 Å². The molecule has 2 atom stereocenters. The average molecular weight is 297 g/mol. The van der Waals surface area contributed by atoms with Gasteiger partial charge in [-0.1, -0.05) is 6.92 Å². The number of aromatic nitrogens is 2. The molecule has 2 unspecified atom stereocenters. The predicted octanol–water partition coefficient (Wildman–Crippen LogP) is 0.950. The zero-order valence-corrected chi connectivity index (χ0v) is 12.8. The van der Waals surface area contributed by atoms with Crippen LogP contribution < -0.4 is 14.8 Å². The van der Waals surface area contributed by atoms with E-state index in [-0.39, 0.29) is 12.1 Å². The highest BCUT2D eigenvalue weighted by Gasteiger charge is 2.30. The lowest BCUT2D eigenvalue weighted by atomic mass is 10.1. The van der Waals surface area contributed by atoms with Crippen LogP contribution in [-0.2, 0) is 9.47 Å². The summed E-state index contributed by atoms with van der Waals surface area (Å²) in [7, 11) is 3.12. The van der Waals surface area contributed by atoms with Crippen LogP contribution in [0.1, 0.15) is 25.1 Å². The molecule has 1 aromatic rings. The molecule has 1 aromatic heterocycles. The van der Waals surface area contributed by atoms with Gasteiger partial charge in [0.25, 0.3) is 0 Å². The van der Waals surface area contributed by atoms with Crippen molar-refractivity contribution in [3.05, 3.63) is 11.9 Å². The van der Waals surface area contributed by atoms with Crippen LogP contribution in [0, 0.1) is 0 Å².